The summed E-state index contributed by atoms with van der Waals surface area (Å²) in [5, 5.41) is 6.48. The molecule has 1 aromatic heterocycles. The molecule has 0 aliphatic rings. The number of aromatic nitrogens is 1. The summed E-state index contributed by atoms with van der Waals surface area (Å²) < 4.78 is 5.01. The molecule has 0 saturated carbocycles. The highest BCUT2D eigenvalue weighted by Gasteiger charge is 2.14. The van der Waals surface area contributed by atoms with E-state index in [0.29, 0.717) is 18.7 Å². The number of benzene rings is 1. The van der Waals surface area contributed by atoms with Crippen LogP contribution in [0.4, 0.5) is 0 Å². The molecule has 0 spiro atoms. The minimum absolute atomic E-state index is 0. The van der Waals surface area contributed by atoms with E-state index in [1.54, 1.807) is 6.07 Å². The van der Waals surface area contributed by atoms with Gasteiger partial charge < -0.3 is 15.6 Å². The summed E-state index contributed by atoms with van der Waals surface area (Å²) in [5.74, 6) is 0.427. The Kier molecular flexibility index (Phi) is 6.21. The van der Waals surface area contributed by atoms with Crippen molar-refractivity contribution in [2.45, 2.75) is 25.9 Å². The van der Waals surface area contributed by atoms with Gasteiger partial charge in [0.25, 0.3) is 0 Å². The van der Waals surface area contributed by atoms with E-state index >= 15 is 0 Å². The number of carbonyl (C=O) groups excluding carboxylic acids is 1. The quantitative estimate of drug-likeness (QED) is 0.878. The molecule has 108 valence electrons. The van der Waals surface area contributed by atoms with Crippen LogP contribution in [-0.2, 0) is 17.8 Å². The average Bonchev–Trinajstić information content (AvgIpc) is 2.83. The van der Waals surface area contributed by atoms with E-state index in [2.05, 4.69) is 10.5 Å². The van der Waals surface area contributed by atoms with Crippen LogP contribution in [0.2, 0.25) is 0 Å². The summed E-state index contributed by atoms with van der Waals surface area (Å²) in [6, 6.07) is 10.9. The molecular formula is C14H18ClN3O2. The number of rotatable bonds is 5. The average molecular weight is 296 g/mol. The van der Waals surface area contributed by atoms with Crippen LogP contribution in [-0.4, -0.2) is 17.1 Å². The number of nitrogens with one attached hydrogen (secondary N) is 1. The van der Waals surface area contributed by atoms with Crippen molar-refractivity contribution >= 4 is 18.3 Å². The van der Waals surface area contributed by atoms with Crippen LogP contribution in [0, 0.1) is 6.92 Å². The first-order chi connectivity index (χ1) is 9.15. The molecule has 0 radical (unpaired) electrons. The molecule has 1 aromatic carbocycles. The molecule has 1 heterocycles. The lowest BCUT2D eigenvalue weighted by molar-refractivity contribution is -0.122. The molecule has 2 aromatic rings. The van der Waals surface area contributed by atoms with Crippen LogP contribution >= 0.6 is 12.4 Å². The predicted molar refractivity (Wildman–Crippen MR) is 78.5 cm³/mol. The number of hydrogen-bond donors (Lipinski definition) is 2. The molecule has 0 bridgehead atoms. The largest absolute Gasteiger partial charge is 0.359 e. The predicted octanol–water partition coefficient (Wildman–Crippen LogP) is 1.59. The Balaban J connectivity index is 0.00000200. The molecular weight excluding hydrogens is 278 g/mol. The van der Waals surface area contributed by atoms with Gasteiger partial charge in [-0.05, 0) is 18.9 Å². The van der Waals surface area contributed by atoms with Crippen LogP contribution < -0.4 is 11.1 Å². The van der Waals surface area contributed by atoms with Crippen molar-refractivity contribution in [3.63, 3.8) is 0 Å². The Morgan fingerprint density at radius 1 is 1.40 bits per heavy atom. The molecule has 6 heteroatoms. The highest BCUT2D eigenvalue weighted by atomic mass is 35.5. The topological polar surface area (TPSA) is 81.2 Å². The fraction of sp³-hybridized carbons (Fsp3) is 0.286. The lowest BCUT2D eigenvalue weighted by atomic mass is 10.1. The van der Waals surface area contributed by atoms with Gasteiger partial charge in [0.2, 0.25) is 5.91 Å². The van der Waals surface area contributed by atoms with E-state index < -0.39 is 6.04 Å². The van der Waals surface area contributed by atoms with E-state index in [-0.39, 0.29) is 18.3 Å². The molecule has 0 saturated heterocycles. The van der Waals surface area contributed by atoms with Gasteiger partial charge in [-0.15, -0.1) is 12.4 Å². The van der Waals surface area contributed by atoms with Gasteiger partial charge in [-0.25, -0.2) is 0 Å². The van der Waals surface area contributed by atoms with Gasteiger partial charge >= 0.3 is 0 Å². The Hall–Kier alpha value is -1.85. The summed E-state index contributed by atoms with van der Waals surface area (Å²) in [5.41, 5.74) is 7.69. The van der Waals surface area contributed by atoms with Crippen molar-refractivity contribution in [3.8, 4) is 0 Å². The molecule has 2 rings (SSSR count). The summed E-state index contributed by atoms with van der Waals surface area (Å²) in [4.78, 5) is 11.8. The van der Waals surface area contributed by atoms with Crippen LogP contribution in [0.5, 0.6) is 0 Å². The standard InChI is InChI=1S/C14H17N3O2.ClH/c1-10-7-12(19-17-10)9-16-14(18)13(15)8-11-5-3-2-4-6-11;/h2-7,13H,8-9,15H2,1H3,(H,16,18);1H/t13-;/m0./s1. The third-order valence-corrected chi connectivity index (χ3v) is 2.75. The maximum atomic E-state index is 11.8. The van der Waals surface area contributed by atoms with Crippen LogP contribution in [0.25, 0.3) is 0 Å². The fourth-order valence-corrected chi connectivity index (χ4v) is 1.77. The SMILES string of the molecule is Cc1cc(CNC(=O)[C@@H](N)Cc2ccccc2)on1.Cl. The zero-order chi connectivity index (χ0) is 13.7. The number of amides is 1. The number of nitrogens with zero attached hydrogens (tertiary/aromatic N) is 1. The first kappa shape index (κ1) is 16.2. The maximum absolute atomic E-state index is 11.8. The van der Waals surface area contributed by atoms with Crippen molar-refractivity contribution in [2.75, 3.05) is 0 Å². The third kappa shape index (κ3) is 4.68. The monoisotopic (exact) mass is 295 g/mol. The van der Waals surface area contributed by atoms with Gasteiger partial charge in [0.1, 0.15) is 0 Å². The number of nitrogens with two attached hydrogens (primary N) is 1. The summed E-state index contributed by atoms with van der Waals surface area (Å²) in [6.45, 7) is 2.14. The van der Waals surface area contributed by atoms with Gasteiger partial charge in [0.05, 0.1) is 18.3 Å². The Labute approximate surface area is 123 Å². The third-order valence-electron chi connectivity index (χ3n) is 2.75. The highest BCUT2D eigenvalue weighted by Crippen LogP contribution is 2.03. The van der Waals surface area contributed by atoms with E-state index in [4.69, 9.17) is 10.3 Å². The number of hydrogen-bond acceptors (Lipinski definition) is 4. The van der Waals surface area contributed by atoms with Crippen molar-refractivity contribution in [1.29, 1.82) is 0 Å². The number of aryl methyl sites for hydroxylation is 1. The Bertz CT molecular complexity index is 542. The molecule has 0 aliphatic carbocycles. The van der Waals surface area contributed by atoms with Crippen molar-refractivity contribution in [1.82, 2.24) is 10.5 Å². The molecule has 1 amide bonds. The first-order valence-electron chi connectivity index (χ1n) is 6.14. The lowest BCUT2D eigenvalue weighted by Gasteiger charge is -2.11. The summed E-state index contributed by atoms with van der Waals surface area (Å²) >= 11 is 0. The maximum Gasteiger partial charge on any atom is 0.237 e. The van der Waals surface area contributed by atoms with E-state index in [9.17, 15) is 4.79 Å². The second-order valence-electron chi connectivity index (χ2n) is 4.45. The molecule has 20 heavy (non-hydrogen) atoms. The van der Waals surface area contributed by atoms with Gasteiger partial charge in [0, 0.05) is 6.07 Å². The lowest BCUT2D eigenvalue weighted by Crippen LogP contribution is -2.41. The van der Waals surface area contributed by atoms with Crippen LogP contribution in [0.3, 0.4) is 0 Å². The fourth-order valence-electron chi connectivity index (χ4n) is 1.77. The van der Waals surface area contributed by atoms with Gasteiger partial charge in [-0.2, -0.15) is 0 Å². The highest BCUT2D eigenvalue weighted by molar-refractivity contribution is 5.85. The molecule has 0 fully saturated rings. The van der Waals surface area contributed by atoms with Crippen molar-refractivity contribution in [2.24, 2.45) is 5.73 Å². The Morgan fingerprint density at radius 2 is 2.10 bits per heavy atom. The normalized spacial score (nSPS) is 11.5. The van der Waals surface area contributed by atoms with Gasteiger partial charge in [-0.1, -0.05) is 35.5 Å². The molecule has 0 aliphatic heterocycles. The second kappa shape index (κ2) is 7.67. The zero-order valence-electron chi connectivity index (χ0n) is 11.2. The summed E-state index contributed by atoms with van der Waals surface area (Å²) in [7, 11) is 0. The first-order valence-corrected chi connectivity index (χ1v) is 6.14. The number of carbonyl (C=O) groups is 1. The zero-order valence-corrected chi connectivity index (χ0v) is 12.0. The smallest absolute Gasteiger partial charge is 0.237 e. The molecule has 3 N–H and O–H groups in total. The second-order valence-corrected chi connectivity index (χ2v) is 4.45. The number of halogens is 1. The van der Waals surface area contributed by atoms with Gasteiger partial charge in [-0.3, -0.25) is 4.79 Å². The minimum atomic E-state index is -0.564. The van der Waals surface area contributed by atoms with E-state index in [0.717, 1.165) is 11.3 Å². The van der Waals surface area contributed by atoms with Crippen LogP contribution in [0.15, 0.2) is 40.9 Å². The van der Waals surface area contributed by atoms with E-state index in [1.165, 1.54) is 0 Å². The van der Waals surface area contributed by atoms with Gasteiger partial charge in [0.15, 0.2) is 5.76 Å². The Morgan fingerprint density at radius 3 is 2.70 bits per heavy atom. The molecule has 0 unspecified atom stereocenters. The minimum Gasteiger partial charge on any atom is -0.359 e. The summed E-state index contributed by atoms with van der Waals surface area (Å²) in [6.07, 6.45) is 0.516. The van der Waals surface area contributed by atoms with E-state index in [1.807, 2.05) is 37.3 Å². The van der Waals surface area contributed by atoms with Crippen molar-refractivity contribution in [3.05, 3.63) is 53.4 Å². The molecule has 1 atom stereocenters. The van der Waals surface area contributed by atoms with Crippen LogP contribution in [0.1, 0.15) is 17.0 Å². The molecule has 5 nitrogen and oxygen atoms in total. The van der Waals surface area contributed by atoms with Crippen molar-refractivity contribution < 1.29 is 9.32 Å².